The Kier molecular flexibility index (Phi) is 2.61. The van der Waals surface area contributed by atoms with Gasteiger partial charge in [-0.15, -0.1) is 0 Å². The van der Waals surface area contributed by atoms with Gasteiger partial charge in [0.1, 0.15) is 5.65 Å². The van der Waals surface area contributed by atoms with E-state index in [9.17, 15) is 0 Å². The minimum absolute atomic E-state index is 0.654. The molecule has 1 aliphatic heterocycles. The monoisotopic (exact) mass is 233 g/mol. The second-order valence-corrected chi connectivity index (χ2v) is 4.76. The zero-order chi connectivity index (χ0) is 11.0. The predicted molar refractivity (Wildman–Crippen MR) is 69.0 cm³/mol. The van der Waals surface area contributed by atoms with Crippen molar-refractivity contribution >= 4 is 23.8 Å². The van der Waals surface area contributed by atoms with Crippen molar-refractivity contribution < 1.29 is 0 Å². The van der Waals surface area contributed by atoms with Gasteiger partial charge in [-0.05, 0) is 49.5 Å². The summed E-state index contributed by atoms with van der Waals surface area (Å²) in [5.74, 6) is 0.654. The van der Waals surface area contributed by atoms with Crippen LogP contribution < -0.4 is 5.32 Å². The first-order valence-electron chi connectivity index (χ1n) is 5.72. The van der Waals surface area contributed by atoms with Crippen LogP contribution in [0.4, 0.5) is 0 Å². The Morgan fingerprint density at radius 3 is 3.00 bits per heavy atom. The minimum atomic E-state index is 0.654. The van der Waals surface area contributed by atoms with Crippen LogP contribution in [0.2, 0.25) is 0 Å². The van der Waals surface area contributed by atoms with Gasteiger partial charge in [0.05, 0.1) is 0 Å². The van der Waals surface area contributed by atoms with Crippen molar-refractivity contribution in [1.82, 2.24) is 14.3 Å². The Morgan fingerprint density at radius 1 is 1.38 bits per heavy atom. The molecule has 0 atom stereocenters. The van der Waals surface area contributed by atoms with E-state index < -0.39 is 0 Å². The standard InChI is InChI=1S/C12H15N3S/c16-15-8-11(9-3-6-13-7-4-9)10-2-1-5-14-12(10)15/h1-2,5,8-9,13,16H,3-4,6-7H2. The van der Waals surface area contributed by atoms with E-state index in [0.29, 0.717) is 5.92 Å². The minimum Gasteiger partial charge on any atom is -0.317 e. The molecule has 2 aromatic heterocycles. The van der Waals surface area contributed by atoms with Crippen molar-refractivity contribution in [2.24, 2.45) is 0 Å². The van der Waals surface area contributed by atoms with Gasteiger partial charge in [0.2, 0.25) is 0 Å². The first kappa shape index (κ1) is 10.2. The van der Waals surface area contributed by atoms with Gasteiger partial charge in [-0.25, -0.2) is 4.98 Å². The van der Waals surface area contributed by atoms with Gasteiger partial charge in [-0.3, -0.25) is 3.97 Å². The van der Waals surface area contributed by atoms with E-state index in [1.807, 2.05) is 16.2 Å². The molecule has 1 fully saturated rings. The number of hydrogen-bond donors (Lipinski definition) is 2. The largest absolute Gasteiger partial charge is 0.317 e. The Morgan fingerprint density at radius 2 is 2.19 bits per heavy atom. The number of nitrogens with one attached hydrogen (secondary N) is 1. The number of piperidine rings is 1. The predicted octanol–water partition coefficient (Wildman–Crippen LogP) is 2.20. The van der Waals surface area contributed by atoms with Crippen LogP contribution in [0, 0.1) is 0 Å². The molecule has 0 radical (unpaired) electrons. The Labute approximate surface area is 100 Å². The fourth-order valence-corrected chi connectivity index (χ4v) is 2.81. The maximum absolute atomic E-state index is 4.43. The van der Waals surface area contributed by atoms with Crippen molar-refractivity contribution in [1.29, 1.82) is 0 Å². The molecule has 1 saturated heterocycles. The van der Waals surface area contributed by atoms with Crippen LogP contribution >= 0.6 is 12.8 Å². The van der Waals surface area contributed by atoms with E-state index in [1.165, 1.54) is 23.8 Å². The molecule has 0 spiro atoms. The van der Waals surface area contributed by atoms with Crippen LogP contribution in [0.15, 0.2) is 24.5 Å². The fourth-order valence-electron chi connectivity index (χ4n) is 2.53. The van der Waals surface area contributed by atoms with Crippen molar-refractivity contribution in [3.63, 3.8) is 0 Å². The molecule has 0 saturated carbocycles. The Bertz CT molecular complexity index is 500. The number of pyridine rings is 1. The van der Waals surface area contributed by atoms with Crippen LogP contribution in [0.25, 0.3) is 11.0 Å². The third-order valence-electron chi connectivity index (χ3n) is 3.36. The summed E-state index contributed by atoms with van der Waals surface area (Å²) >= 11 is 4.43. The van der Waals surface area contributed by atoms with Crippen LogP contribution in [0.3, 0.4) is 0 Å². The average Bonchev–Trinajstić information content (AvgIpc) is 2.69. The van der Waals surface area contributed by atoms with E-state index in [0.717, 1.165) is 18.7 Å². The van der Waals surface area contributed by atoms with Crippen LogP contribution in [-0.4, -0.2) is 22.0 Å². The number of rotatable bonds is 1. The van der Waals surface area contributed by atoms with Gasteiger partial charge in [0.25, 0.3) is 0 Å². The smallest absolute Gasteiger partial charge is 0.149 e. The summed E-state index contributed by atoms with van der Waals surface area (Å²) in [7, 11) is 0. The Balaban J connectivity index is 2.08. The highest BCUT2D eigenvalue weighted by molar-refractivity contribution is 7.78. The highest BCUT2D eigenvalue weighted by atomic mass is 32.1. The van der Waals surface area contributed by atoms with Crippen molar-refractivity contribution in [3.8, 4) is 0 Å². The third kappa shape index (κ3) is 1.62. The van der Waals surface area contributed by atoms with E-state index in [4.69, 9.17) is 0 Å². The molecule has 3 rings (SSSR count). The summed E-state index contributed by atoms with van der Waals surface area (Å²) in [4.78, 5) is 4.37. The molecule has 16 heavy (non-hydrogen) atoms. The molecule has 0 bridgehead atoms. The van der Waals surface area contributed by atoms with Crippen molar-refractivity contribution in [2.75, 3.05) is 13.1 Å². The van der Waals surface area contributed by atoms with Gasteiger partial charge in [-0.1, -0.05) is 12.8 Å². The summed E-state index contributed by atoms with van der Waals surface area (Å²) < 4.78 is 1.84. The van der Waals surface area contributed by atoms with Gasteiger partial charge >= 0.3 is 0 Å². The summed E-state index contributed by atoms with van der Waals surface area (Å²) in [6, 6.07) is 4.15. The Hall–Kier alpha value is -1.00. The van der Waals surface area contributed by atoms with Crippen molar-refractivity contribution in [3.05, 3.63) is 30.1 Å². The molecule has 0 amide bonds. The molecule has 1 aliphatic rings. The van der Waals surface area contributed by atoms with Crippen LogP contribution in [-0.2, 0) is 0 Å². The zero-order valence-electron chi connectivity index (χ0n) is 9.06. The van der Waals surface area contributed by atoms with Crippen LogP contribution in [0.5, 0.6) is 0 Å². The van der Waals surface area contributed by atoms with Crippen molar-refractivity contribution in [2.45, 2.75) is 18.8 Å². The molecule has 0 aliphatic carbocycles. The molecular formula is C12H15N3S. The highest BCUT2D eigenvalue weighted by Gasteiger charge is 2.19. The zero-order valence-corrected chi connectivity index (χ0v) is 9.95. The summed E-state index contributed by atoms with van der Waals surface area (Å²) in [5, 5.41) is 4.65. The maximum atomic E-state index is 4.43. The fraction of sp³-hybridized carbons (Fsp3) is 0.417. The molecule has 84 valence electrons. The lowest BCUT2D eigenvalue weighted by Gasteiger charge is -2.22. The number of hydrogen-bond acceptors (Lipinski definition) is 3. The lowest BCUT2D eigenvalue weighted by atomic mass is 9.90. The van der Waals surface area contributed by atoms with E-state index in [2.05, 4.69) is 35.4 Å². The lowest BCUT2D eigenvalue weighted by molar-refractivity contribution is 0.462. The topological polar surface area (TPSA) is 29.9 Å². The van der Waals surface area contributed by atoms with Crippen LogP contribution in [0.1, 0.15) is 24.3 Å². The molecule has 3 heterocycles. The second-order valence-electron chi connectivity index (χ2n) is 4.33. The highest BCUT2D eigenvalue weighted by Crippen LogP contribution is 2.32. The quantitative estimate of drug-likeness (QED) is 0.740. The van der Waals surface area contributed by atoms with Gasteiger partial charge in [0, 0.05) is 17.8 Å². The SMILES string of the molecule is Sn1cc(C2CCNCC2)c2cccnc21. The summed E-state index contributed by atoms with van der Waals surface area (Å²) in [6.45, 7) is 2.23. The van der Waals surface area contributed by atoms with E-state index in [-0.39, 0.29) is 0 Å². The second kappa shape index (κ2) is 4.11. The number of nitrogens with zero attached hydrogens (tertiary/aromatic N) is 2. The molecule has 2 aromatic rings. The third-order valence-corrected chi connectivity index (χ3v) is 3.66. The lowest BCUT2D eigenvalue weighted by Crippen LogP contribution is -2.26. The molecule has 1 N–H and O–H groups in total. The average molecular weight is 233 g/mol. The first-order chi connectivity index (χ1) is 7.86. The van der Waals surface area contributed by atoms with E-state index in [1.54, 1.807) is 0 Å². The maximum Gasteiger partial charge on any atom is 0.149 e. The normalized spacial score (nSPS) is 18.1. The molecular weight excluding hydrogens is 218 g/mol. The van der Waals surface area contributed by atoms with Gasteiger partial charge in [-0.2, -0.15) is 0 Å². The van der Waals surface area contributed by atoms with Gasteiger partial charge < -0.3 is 5.32 Å². The molecule has 3 nitrogen and oxygen atoms in total. The molecule has 0 aromatic carbocycles. The number of thiol groups is 1. The first-order valence-corrected chi connectivity index (χ1v) is 6.12. The molecule has 0 unspecified atom stereocenters. The summed E-state index contributed by atoms with van der Waals surface area (Å²) in [6.07, 6.45) is 6.36. The number of fused-ring (bicyclic) bond motifs is 1. The number of aromatic nitrogens is 2. The molecule has 4 heteroatoms. The summed E-state index contributed by atoms with van der Waals surface area (Å²) in [5.41, 5.74) is 2.37. The van der Waals surface area contributed by atoms with Gasteiger partial charge in [0.15, 0.2) is 0 Å². The van der Waals surface area contributed by atoms with E-state index >= 15 is 0 Å².